The van der Waals surface area contributed by atoms with E-state index in [1.165, 1.54) is 18.9 Å². The van der Waals surface area contributed by atoms with Gasteiger partial charge >= 0.3 is 5.97 Å². The highest BCUT2D eigenvalue weighted by Gasteiger charge is 2.24. The molecule has 5 nitrogen and oxygen atoms in total. The third kappa shape index (κ3) is 8.13. The van der Waals surface area contributed by atoms with Crippen LogP contribution < -0.4 is 5.32 Å². The molecule has 1 aliphatic rings. The molecule has 8 heteroatoms. The van der Waals surface area contributed by atoms with Crippen LogP contribution in [-0.4, -0.2) is 34.3 Å². The molecular weight excluding hydrogens is 453 g/mol. The third-order valence-electron chi connectivity index (χ3n) is 4.83. The normalized spacial score (nSPS) is 14.9. The highest BCUT2D eigenvalue weighted by Crippen LogP contribution is 2.36. The minimum atomic E-state index is -1.09. The van der Waals surface area contributed by atoms with Crippen molar-refractivity contribution in [1.82, 2.24) is 0 Å². The minimum Gasteiger partial charge on any atom is -0.435 e. The Bertz CT molecular complexity index is 869. The van der Waals surface area contributed by atoms with Crippen molar-refractivity contribution < 1.29 is 18.7 Å². The molecule has 0 aliphatic carbocycles. The number of carbonyl (C=O) groups excluding carboxylic acids is 1. The lowest BCUT2D eigenvalue weighted by Crippen LogP contribution is -2.33. The number of esters is 1. The summed E-state index contributed by atoms with van der Waals surface area (Å²) >= 11 is 12.5. The van der Waals surface area contributed by atoms with Crippen LogP contribution in [0.2, 0.25) is 29.2 Å². The number of nitrogens with one attached hydrogen (secondary N) is 1. The van der Waals surface area contributed by atoms with E-state index in [4.69, 9.17) is 37.1 Å². The van der Waals surface area contributed by atoms with E-state index in [0.717, 1.165) is 12.2 Å². The third-order valence-corrected chi connectivity index (χ3v) is 8.18. The van der Waals surface area contributed by atoms with Crippen molar-refractivity contribution in [3.8, 4) is 0 Å². The summed E-state index contributed by atoms with van der Waals surface area (Å²) in [6, 6.07) is 11.9. The van der Waals surface area contributed by atoms with Crippen LogP contribution in [0.1, 0.15) is 35.7 Å². The molecule has 170 valence electrons. The van der Waals surface area contributed by atoms with Crippen molar-refractivity contribution in [2.45, 2.75) is 45.8 Å². The first-order chi connectivity index (χ1) is 14.7. The smallest absolute Gasteiger partial charge is 0.342 e. The molecule has 1 heterocycles. The number of benzene rings is 2. The van der Waals surface area contributed by atoms with Crippen LogP contribution in [0.3, 0.4) is 0 Å². The molecule has 1 fully saturated rings. The van der Waals surface area contributed by atoms with Crippen molar-refractivity contribution in [2.24, 2.45) is 0 Å². The van der Waals surface area contributed by atoms with Crippen molar-refractivity contribution >= 4 is 48.9 Å². The fourth-order valence-corrected chi connectivity index (χ4v) is 5.41. The first-order valence-corrected chi connectivity index (χ1v) is 14.3. The second-order valence-electron chi connectivity index (χ2n) is 7.83. The van der Waals surface area contributed by atoms with Crippen LogP contribution in [0.4, 0.5) is 11.4 Å². The summed E-state index contributed by atoms with van der Waals surface area (Å²) in [6.45, 7) is 9.71. The van der Waals surface area contributed by atoms with Gasteiger partial charge in [0.15, 0.2) is 15.1 Å². The summed E-state index contributed by atoms with van der Waals surface area (Å²) in [5, 5.41) is 4.10. The van der Waals surface area contributed by atoms with E-state index < -0.39 is 14.3 Å². The van der Waals surface area contributed by atoms with E-state index in [-0.39, 0.29) is 6.79 Å². The fourth-order valence-electron chi connectivity index (χ4n) is 3.01. The molecule has 0 unspecified atom stereocenters. The van der Waals surface area contributed by atoms with Crippen LogP contribution in [-0.2, 0) is 13.9 Å². The maximum Gasteiger partial charge on any atom is 0.342 e. The Kier molecular flexibility index (Phi) is 10.3. The highest BCUT2D eigenvalue weighted by atomic mass is 35.5. The molecule has 0 aromatic heterocycles. The number of anilines is 2. The van der Waals surface area contributed by atoms with E-state index in [0.29, 0.717) is 33.6 Å². The van der Waals surface area contributed by atoms with Crippen molar-refractivity contribution in [3.05, 3.63) is 57.6 Å². The zero-order valence-corrected chi connectivity index (χ0v) is 21.1. The average molecular weight is 484 g/mol. The lowest BCUT2D eigenvalue weighted by atomic mass is 10.1. The van der Waals surface area contributed by atoms with Crippen LogP contribution in [0.5, 0.6) is 0 Å². The molecule has 0 saturated carbocycles. The first-order valence-electron chi connectivity index (χ1n) is 10.4. The maximum absolute atomic E-state index is 12.2. The van der Waals surface area contributed by atoms with Crippen molar-refractivity contribution in [1.29, 1.82) is 0 Å². The van der Waals surface area contributed by atoms with Gasteiger partial charge in [-0.1, -0.05) is 47.8 Å². The van der Waals surface area contributed by atoms with Gasteiger partial charge in [-0.15, -0.1) is 0 Å². The second-order valence-corrected chi connectivity index (χ2v) is 12.9. The Labute approximate surface area is 196 Å². The predicted octanol–water partition coefficient (Wildman–Crippen LogP) is 7.20. The summed E-state index contributed by atoms with van der Waals surface area (Å²) in [4.78, 5) is 12.2. The number of ether oxygens (including phenoxy) is 2. The molecular formula is C23H31Cl2NO4Si. The van der Waals surface area contributed by atoms with E-state index >= 15 is 0 Å². The summed E-state index contributed by atoms with van der Waals surface area (Å²) in [6.07, 6.45) is 2.69. The summed E-state index contributed by atoms with van der Waals surface area (Å²) < 4.78 is 15.7. The molecule has 0 radical (unpaired) electrons. The van der Waals surface area contributed by atoms with Crippen LogP contribution >= 0.6 is 23.2 Å². The number of hydrogen-bond acceptors (Lipinski definition) is 5. The number of carbonyl (C=O) groups is 1. The SMILES string of the molecule is CCOCOC(=O)c1ccccc1Nc1c(Cl)ccc(C)c1Cl.C[Si]1(C)CCCCO1. The molecule has 0 spiro atoms. The van der Waals surface area contributed by atoms with Gasteiger partial charge in [0.2, 0.25) is 0 Å². The van der Waals surface area contributed by atoms with Gasteiger partial charge in [0.1, 0.15) is 0 Å². The Morgan fingerprint density at radius 3 is 2.52 bits per heavy atom. The van der Waals surface area contributed by atoms with Gasteiger partial charge < -0.3 is 19.2 Å². The lowest BCUT2D eigenvalue weighted by molar-refractivity contribution is -0.0273. The number of halogens is 2. The van der Waals surface area contributed by atoms with Gasteiger partial charge in [-0.3, -0.25) is 0 Å². The molecule has 31 heavy (non-hydrogen) atoms. The van der Waals surface area contributed by atoms with E-state index in [1.54, 1.807) is 30.3 Å². The standard InChI is InChI=1S/C17H17Cl2NO3.C6H14OSi/c1-3-22-10-23-17(21)12-6-4-5-7-14(12)20-16-13(18)9-8-11(2)15(16)19;1-8(2)6-4-3-5-7-8/h4-9,20H,3,10H2,1-2H3;3-6H2,1-2H3. The Morgan fingerprint density at radius 2 is 1.90 bits per heavy atom. The van der Waals surface area contributed by atoms with E-state index in [1.807, 2.05) is 19.9 Å². The largest absolute Gasteiger partial charge is 0.435 e. The number of para-hydroxylation sites is 1. The van der Waals surface area contributed by atoms with Gasteiger partial charge in [0.05, 0.1) is 27.0 Å². The molecule has 2 aromatic rings. The molecule has 1 aliphatic heterocycles. The summed E-state index contributed by atoms with van der Waals surface area (Å²) in [5.41, 5.74) is 2.37. The van der Waals surface area contributed by atoms with Gasteiger partial charge in [0, 0.05) is 13.2 Å². The lowest BCUT2D eigenvalue weighted by Gasteiger charge is -2.27. The molecule has 3 rings (SSSR count). The average Bonchev–Trinajstić information content (AvgIpc) is 2.74. The molecule has 1 N–H and O–H groups in total. The van der Waals surface area contributed by atoms with Gasteiger partial charge in [-0.25, -0.2) is 4.79 Å². The van der Waals surface area contributed by atoms with Crippen molar-refractivity contribution in [2.75, 3.05) is 25.3 Å². The minimum absolute atomic E-state index is 0.0877. The van der Waals surface area contributed by atoms with Gasteiger partial charge in [-0.2, -0.15) is 0 Å². The molecule has 1 saturated heterocycles. The van der Waals surface area contributed by atoms with E-state index in [2.05, 4.69) is 18.4 Å². The molecule has 0 atom stereocenters. The number of rotatable bonds is 6. The topological polar surface area (TPSA) is 56.8 Å². The Balaban J connectivity index is 0.000000357. The number of aryl methyl sites for hydroxylation is 1. The van der Waals surface area contributed by atoms with Crippen LogP contribution in [0, 0.1) is 6.92 Å². The number of hydrogen-bond donors (Lipinski definition) is 1. The zero-order valence-electron chi connectivity index (χ0n) is 18.6. The Hall–Kier alpha value is -1.57. The van der Waals surface area contributed by atoms with E-state index in [9.17, 15) is 4.79 Å². The predicted molar refractivity (Wildman–Crippen MR) is 130 cm³/mol. The molecule has 0 amide bonds. The Morgan fingerprint density at radius 1 is 1.16 bits per heavy atom. The van der Waals surface area contributed by atoms with Crippen LogP contribution in [0.15, 0.2) is 36.4 Å². The van der Waals surface area contributed by atoms with Crippen molar-refractivity contribution in [3.63, 3.8) is 0 Å². The van der Waals surface area contributed by atoms with Gasteiger partial charge in [0.25, 0.3) is 0 Å². The monoisotopic (exact) mass is 483 g/mol. The summed E-state index contributed by atoms with van der Waals surface area (Å²) in [5.74, 6) is -0.485. The molecule has 0 bridgehead atoms. The summed E-state index contributed by atoms with van der Waals surface area (Å²) in [7, 11) is -1.09. The highest BCUT2D eigenvalue weighted by molar-refractivity contribution is 6.71. The maximum atomic E-state index is 12.2. The first kappa shape index (κ1) is 25.7. The second kappa shape index (κ2) is 12.5. The molecule has 2 aromatic carbocycles. The van der Waals surface area contributed by atoms with Gasteiger partial charge in [-0.05, 0) is 63.2 Å². The quantitative estimate of drug-likeness (QED) is 0.203. The van der Waals surface area contributed by atoms with Crippen LogP contribution in [0.25, 0.3) is 0 Å². The zero-order chi connectivity index (χ0) is 22.9. The fraction of sp³-hybridized carbons (Fsp3) is 0.435.